The molecule has 1 aromatic heterocycles. The summed E-state index contributed by atoms with van der Waals surface area (Å²) in [6.07, 6.45) is 0.767. The lowest BCUT2D eigenvalue weighted by atomic mass is 10.0. The van der Waals surface area contributed by atoms with Crippen LogP contribution in [0.15, 0.2) is 64.5 Å². The van der Waals surface area contributed by atoms with Gasteiger partial charge in [-0.15, -0.1) is 11.3 Å². The van der Waals surface area contributed by atoms with Gasteiger partial charge in [0.05, 0.1) is 18.9 Å². The first-order valence-electron chi connectivity index (χ1n) is 6.85. The molecule has 0 amide bonds. The van der Waals surface area contributed by atoms with Gasteiger partial charge in [-0.2, -0.15) is 0 Å². The van der Waals surface area contributed by atoms with Crippen molar-refractivity contribution in [1.29, 1.82) is 0 Å². The van der Waals surface area contributed by atoms with Crippen LogP contribution in [0.2, 0.25) is 0 Å². The predicted molar refractivity (Wildman–Crippen MR) is 85.9 cm³/mol. The molecule has 0 saturated heterocycles. The van der Waals surface area contributed by atoms with Gasteiger partial charge in [-0.1, -0.05) is 36.4 Å². The van der Waals surface area contributed by atoms with Gasteiger partial charge < -0.3 is 20.2 Å². The summed E-state index contributed by atoms with van der Waals surface area (Å²) in [4.78, 5) is 6.77. The third-order valence-corrected chi connectivity index (χ3v) is 4.48. The zero-order valence-electron chi connectivity index (χ0n) is 11.7. The molecule has 1 unspecified atom stereocenters. The van der Waals surface area contributed by atoms with Gasteiger partial charge in [0.25, 0.3) is 0 Å². The molecule has 1 aromatic carbocycles. The molecule has 0 aliphatic carbocycles. The minimum Gasteiger partial charge on any atom is -0.502 e. The second-order valence-electron chi connectivity index (χ2n) is 4.89. The van der Waals surface area contributed by atoms with Gasteiger partial charge >= 0.3 is 0 Å². The SMILES string of the molecule is OC[C@@H](c1ccccc1)N1C(O)=C(O)C=NC1c1cccs1. The molecule has 114 valence electrons. The number of hydrogen-bond acceptors (Lipinski definition) is 6. The van der Waals surface area contributed by atoms with E-state index in [1.165, 1.54) is 22.5 Å². The summed E-state index contributed by atoms with van der Waals surface area (Å²) >= 11 is 1.51. The predicted octanol–water partition coefficient (Wildman–Crippen LogP) is 3.15. The largest absolute Gasteiger partial charge is 0.502 e. The molecule has 6 heteroatoms. The summed E-state index contributed by atoms with van der Waals surface area (Å²) in [6, 6.07) is 12.7. The van der Waals surface area contributed by atoms with Crippen LogP contribution in [0.3, 0.4) is 0 Å². The van der Waals surface area contributed by atoms with Crippen molar-refractivity contribution in [1.82, 2.24) is 4.90 Å². The summed E-state index contributed by atoms with van der Waals surface area (Å²) in [5, 5.41) is 31.9. The number of benzene rings is 1. The van der Waals surface area contributed by atoms with E-state index in [2.05, 4.69) is 4.99 Å². The average molecular weight is 316 g/mol. The molecule has 22 heavy (non-hydrogen) atoms. The smallest absolute Gasteiger partial charge is 0.234 e. The number of rotatable bonds is 4. The fourth-order valence-corrected chi connectivity index (χ4v) is 3.28. The number of aliphatic hydroxyl groups excluding tert-OH is 3. The van der Waals surface area contributed by atoms with E-state index in [0.717, 1.165) is 10.4 Å². The van der Waals surface area contributed by atoms with E-state index in [1.807, 2.05) is 47.8 Å². The van der Waals surface area contributed by atoms with Crippen LogP contribution in [0, 0.1) is 0 Å². The Bertz CT molecular complexity index is 683. The van der Waals surface area contributed by atoms with Crippen molar-refractivity contribution in [2.24, 2.45) is 4.99 Å². The van der Waals surface area contributed by atoms with Crippen LogP contribution in [0.1, 0.15) is 22.6 Å². The van der Waals surface area contributed by atoms with Gasteiger partial charge in [0.1, 0.15) is 0 Å². The van der Waals surface area contributed by atoms with Gasteiger partial charge in [-0.05, 0) is 17.0 Å². The molecule has 0 fully saturated rings. The van der Waals surface area contributed by atoms with E-state index in [0.29, 0.717) is 0 Å². The van der Waals surface area contributed by atoms with Crippen molar-refractivity contribution in [2.75, 3.05) is 6.61 Å². The first kappa shape index (κ1) is 14.6. The molecule has 0 spiro atoms. The number of hydrogen-bond donors (Lipinski definition) is 3. The molecule has 0 bridgehead atoms. The first-order chi connectivity index (χ1) is 10.7. The molecule has 2 aromatic rings. The van der Waals surface area contributed by atoms with Crippen LogP contribution in [0.4, 0.5) is 0 Å². The van der Waals surface area contributed by atoms with Crippen molar-refractivity contribution in [3.63, 3.8) is 0 Å². The van der Waals surface area contributed by atoms with Gasteiger partial charge in [-0.25, -0.2) is 0 Å². The normalized spacial score (nSPS) is 19.5. The minimum absolute atomic E-state index is 0.210. The van der Waals surface area contributed by atoms with E-state index >= 15 is 0 Å². The van der Waals surface area contributed by atoms with Crippen molar-refractivity contribution >= 4 is 17.6 Å². The van der Waals surface area contributed by atoms with Crippen LogP contribution in [0.5, 0.6) is 0 Å². The number of allylic oxidation sites excluding steroid dienone is 1. The van der Waals surface area contributed by atoms with Gasteiger partial charge in [0.15, 0.2) is 11.9 Å². The minimum atomic E-state index is -0.507. The van der Waals surface area contributed by atoms with Crippen LogP contribution < -0.4 is 0 Å². The lowest BCUT2D eigenvalue weighted by Gasteiger charge is -2.37. The average Bonchev–Trinajstić information content (AvgIpc) is 3.07. The maximum absolute atomic E-state index is 10.3. The number of thiophene rings is 1. The molecular weight excluding hydrogens is 300 g/mol. The molecule has 1 aliphatic heterocycles. The fraction of sp³-hybridized carbons (Fsp3) is 0.188. The summed E-state index contributed by atoms with van der Waals surface area (Å²) in [5.74, 6) is -0.585. The third-order valence-electron chi connectivity index (χ3n) is 3.57. The monoisotopic (exact) mass is 316 g/mol. The van der Waals surface area contributed by atoms with E-state index in [9.17, 15) is 15.3 Å². The molecule has 0 saturated carbocycles. The highest BCUT2D eigenvalue weighted by Crippen LogP contribution is 2.38. The molecule has 2 heterocycles. The lowest BCUT2D eigenvalue weighted by Crippen LogP contribution is -2.36. The highest BCUT2D eigenvalue weighted by Gasteiger charge is 2.34. The number of nitrogens with zero attached hydrogens (tertiary/aromatic N) is 2. The Kier molecular flexibility index (Phi) is 4.13. The Hall–Kier alpha value is -2.31. The summed E-state index contributed by atoms with van der Waals surface area (Å²) in [6.45, 7) is -0.210. The number of aliphatic hydroxyl groups is 3. The van der Waals surface area contributed by atoms with Crippen LogP contribution in [-0.4, -0.2) is 33.0 Å². The van der Waals surface area contributed by atoms with E-state index in [1.54, 1.807) is 0 Å². The molecular formula is C16H16N2O3S. The quantitative estimate of drug-likeness (QED) is 0.810. The number of aliphatic imine (C=N–C) groups is 1. The van der Waals surface area contributed by atoms with Crippen molar-refractivity contribution in [2.45, 2.75) is 12.2 Å². The molecule has 2 atom stereocenters. The van der Waals surface area contributed by atoms with Crippen LogP contribution in [-0.2, 0) is 0 Å². The van der Waals surface area contributed by atoms with E-state index in [-0.39, 0.29) is 18.2 Å². The lowest BCUT2D eigenvalue weighted by molar-refractivity contribution is 0.0566. The summed E-state index contributed by atoms with van der Waals surface area (Å²) in [7, 11) is 0. The first-order valence-corrected chi connectivity index (χ1v) is 7.73. The topological polar surface area (TPSA) is 76.3 Å². The second-order valence-corrected chi connectivity index (χ2v) is 5.87. The highest BCUT2D eigenvalue weighted by atomic mass is 32.1. The molecule has 3 N–H and O–H groups in total. The fourth-order valence-electron chi connectivity index (χ4n) is 2.51. The second kappa shape index (κ2) is 6.21. The molecule has 1 aliphatic rings. The van der Waals surface area contributed by atoms with Crippen molar-refractivity contribution in [3.05, 3.63) is 69.9 Å². The maximum atomic E-state index is 10.3. The Morgan fingerprint density at radius 1 is 1.14 bits per heavy atom. The Morgan fingerprint density at radius 2 is 1.91 bits per heavy atom. The molecule has 0 radical (unpaired) electrons. The zero-order chi connectivity index (χ0) is 15.5. The molecule has 5 nitrogen and oxygen atoms in total. The van der Waals surface area contributed by atoms with Gasteiger partial charge in [0, 0.05) is 4.88 Å². The van der Waals surface area contributed by atoms with E-state index < -0.39 is 12.2 Å². The molecule has 3 rings (SSSR count). The maximum Gasteiger partial charge on any atom is 0.234 e. The Balaban J connectivity index is 2.04. The van der Waals surface area contributed by atoms with Crippen molar-refractivity contribution < 1.29 is 15.3 Å². The summed E-state index contributed by atoms with van der Waals surface area (Å²) in [5.41, 5.74) is 0.836. The van der Waals surface area contributed by atoms with Gasteiger partial charge in [0.2, 0.25) is 5.88 Å². The standard InChI is InChI=1S/C16H16N2O3S/c19-10-12(11-5-2-1-3-6-11)18-15(14-7-4-8-22-14)17-9-13(20)16(18)21/h1-9,12,15,19-21H,10H2/t12-,15?/m0/s1. The highest BCUT2D eigenvalue weighted by molar-refractivity contribution is 7.10. The zero-order valence-corrected chi connectivity index (χ0v) is 12.5. The van der Waals surface area contributed by atoms with Crippen molar-refractivity contribution in [3.8, 4) is 0 Å². The van der Waals surface area contributed by atoms with E-state index in [4.69, 9.17) is 0 Å². The van der Waals surface area contributed by atoms with Crippen LogP contribution >= 0.6 is 11.3 Å². The summed E-state index contributed by atoms with van der Waals surface area (Å²) < 4.78 is 0. The Morgan fingerprint density at radius 3 is 2.55 bits per heavy atom. The van der Waals surface area contributed by atoms with Gasteiger partial charge in [-0.3, -0.25) is 4.99 Å². The third kappa shape index (κ3) is 2.58. The Labute approximate surface area is 132 Å². The van der Waals surface area contributed by atoms with Crippen LogP contribution in [0.25, 0.3) is 0 Å².